The number of esters is 1. The number of benzene rings is 1. The summed E-state index contributed by atoms with van der Waals surface area (Å²) in [5, 5.41) is 0. The third kappa shape index (κ3) is 3.39. The van der Waals surface area contributed by atoms with Crippen molar-refractivity contribution in [1.82, 2.24) is 9.80 Å². The molecule has 4 rings (SSSR count). The summed E-state index contributed by atoms with van der Waals surface area (Å²) in [6.45, 7) is 3.70. The molecule has 162 valence electrons. The van der Waals surface area contributed by atoms with Gasteiger partial charge >= 0.3 is 5.97 Å². The van der Waals surface area contributed by atoms with Crippen LogP contribution in [0.3, 0.4) is 0 Å². The number of carbonyl (C=O) groups excluding carboxylic acids is 3. The molecule has 1 aromatic carbocycles. The predicted molar refractivity (Wildman–Crippen MR) is 111 cm³/mol. The Hall–Kier alpha value is -2.41. The molecule has 0 aromatic heterocycles. The van der Waals surface area contributed by atoms with Gasteiger partial charge in [-0.15, -0.1) is 0 Å². The molecule has 30 heavy (non-hydrogen) atoms. The third-order valence-corrected chi connectivity index (χ3v) is 7.04. The molecular weight excluding hydrogens is 382 g/mol. The van der Waals surface area contributed by atoms with Gasteiger partial charge in [-0.1, -0.05) is 30.3 Å². The van der Waals surface area contributed by atoms with Crippen molar-refractivity contribution in [2.24, 2.45) is 5.73 Å². The van der Waals surface area contributed by atoms with Crippen molar-refractivity contribution in [2.45, 2.75) is 82.1 Å². The zero-order valence-corrected chi connectivity index (χ0v) is 17.8. The van der Waals surface area contributed by atoms with Gasteiger partial charge in [-0.25, -0.2) is 4.79 Å². The largest absolute Gasteiger partial charge is 0.464 e. The normalized spacial score (nSPS) is 31.5. The quantitative estimate of drug-likeness (QED) is 0.716. The van der Waals surface area contributed by atoms with E-state index in [9.17, 15) is 14.4 Å². The van der Waals surface area contributed by atoms with Crippen LogP contribution in [0.5, 0.6) is 0 Å². The first kappa shape index (κ1) is 20.8. The fourth-order valence-electron chi connectivity index (χ4n) is 5.60. The number of fused-ring (bicyclic) bond motifs is 3. The first-order chi connectivity index (χ1) is 14.4. The molecule has 0 unspecified atom stereocenters. The fraction of sp³-hybridized carbons (Fsp3) is 0.609. The van der Waals surface area contributed by atoms with Gasteiger partial charge in [0.05, 0.1) is 12.6 Å². The van der Waals surface area contributed by atoms with Crippen molar-refractivity contribution in [3.8, 4) is 0 Å². The molecule has 2 saturated heterocycles. The minimum atomic E-state index is -0.784. The third-order valence-electron chi connectivity index (χ3n) is 7.04. The number of nitrogens with two attached hydrogens (primary N) is 1. The molecule has 2 heterocycles. The maximum atomic E-state index is 13.6. The van der Waals surface area contributed by atoms with Crippen LogP contribution in [0.15, 0.2) is 30.3 Å². The Morgan fingerprint density at radius 2 is 2.00 bits per heavy atom. The molecule has 7 heteroatoms. The van der Waals surface area contributed by atoms with E-state index in [1.807, 2.05) is 30.3 Å². The van der Waals surface area contributed by atoms with Crippen LogP contribution in [0.1, 0.15) is 51.5 Å². The summed E-state index contributed by atoms with van der Waals surface area (Å²) in [6.07, 6.45) is 4.15. The van der Waals surface area contributed by atoms with Gasteiger partial charge in [-0.3, -0.25) is 9.59 Å². The van der Waals surface area contributed by atoms with Gasteiger partial charge in [0.2, 0.25) is 11.8 Å². The molecule has 3 fully saturated rings. The molecule has 0 radical (unpaired) electrons. The number of hydrogen-bond donors (Lipinski definition) is 1. The molecule has 3 aliphatic rings. The van der Waals surface area contributed by atoms with Crippen LogP contribution in [0.4, 0.5) is 0 Å². The topological polar surface area (TPSA) is 92.9 Å². The lowest BCUT2D eigenvalue weighted by atomic mass is 9.92. The van der Waals surface area contributed by atoms with E-state index in [0.29, 0.717) is 19.3 Å². The van der Waals surface area contributed by atoms with Crippen LogP contribution in [-0.2, 0) is 25.5 Å². The number of piperazine rings is 1. The van der Waals surface area contributed by atoms with E-state index >= 15 is 0 Å². The summed E-state index contributed by atoms with van der Waals surface area (Å²) in [7, 11) is 0. The Morgan fingerprint density at radius 1 is 1.27 bits per heavy atom. The predicted octanol–water partition coefficient (Wildman–Crippen LogP) is 1.63. The highest BCUT2D eigenvalue weighted by molar-refractivity contribution is 6.00. The monoisotopic (exact) mass is 413 g/mol. The fourth-order valence-corrected chi connectivity index (χ4v) is 5.60. The molecule has 1 saturated carbocycles. The minimum Gasteiger partial charge on any atom is -0.464 e. The van der Waals surface area contributed by atoms with Crippen LogP contribution in [-0.4, -0.2) is 63.9 Å². The van der Waals surface area contributed by atoms with Crippen LogP contribution < -0.4 is 5.73 Å². The molecule has 2 amide bonds. The lowest BCUT2D eigenvalue weighted by molar-refractivity contribution is -0.170. The van der Waals surface area contributed by atoms with Crippen LogP contribution >= 0.6 is 0 Å². The molecule has 0 spiro atoms. The molecule has 2 aliphatic heterocycles. The molecular formula is C23H31N3O4. The second-order valence-corrected chi connectivity index (χ2v) is 8.82. The van der Waals surface area contributed by atoms with E-state index in [4.69, 9.17) is 10.5 Å². The van der Waals surface area contributed by atoms with Crippen molar-refractivity contribution < 1.29 is 19.1 Å². The Bertz CT molecular complexity index is 829. The maximum absolute atomic E-state index is 13.6. The van der Waals surface area contributed by atoms with Gasteiger partial charge in [0.1, 0.15) is 18.1 Å². The average Bonchev–Trinajstić information content (AvgIpc) is 3.23. The summed E-state index contributed by atoms with van der Waals surface area (Å²) in [6, 6.07) is 7.68. The zero-order valence-electron chi connectivity index (χ0n) is 17.8. The van der Waals surface area contributed by atoms with Gasteiger partial charge in [0, 0.05) is 5.54 Å². The zero-order chi connectivity index (χ0) is 21.5. The Morgan fingerprint density at radius 3 is 2.70 bits per heavy atom. The average molecular weight is 414 g/mol. The van der Waals surface area contributed by atoms with Crippen molar-refractivity contribution in [3.63, 3.8) is 0 Å². The van der Waals surface area contributed by atoms with Crippen molar-refractivity contribution >= 4 is 17.8 Å². The van der Waals surface area contributed by atoms with E-state index in [0.717, 1.165) is 24.8 Å². The molecule has 7 nitrogen and oxygen atoms in total. The summed E-state index contributed by atoms with van der Waals surface area (Å²) < 4.78 is 5.30. The molecule has 0 bridgehead atoms. The smallest absolute Gasteiger partial charge is 0.328 e. The highest BCUT2D eigenvalue weighted by atomic mass is 16.5. The summed E-state index contributed by atoms with van der Waals surface area (Å²) in [5.74, 6) is -0.726. The molecule has 2 N–H and O–H groups in total. The number of hydrogen-bond acceptors (Lipinski definition) is 5. The number of nitrogens with zero attached hydrogens (tertiary/aromatic N) is 2. The second kappa shape index (κ2) is 8.02. The minimum absolute atomic E-state index is 0.0751. The van der Waals surface area contributed by atoms with Gasteiger partial charge in [-0.2, -0.15) is 0 Å². The number of aryl methyl sites for hydroxylation is 1. The van der Waals surface area contributed by atoms with E-state index in [2.05, 4.69) is 0 Å². The number of carbonyl (C=O) groups is 3. The molecule has 5 atom stereocenters. The van der Waals surface area contributed by atoms with Gasteiger partial charge in [0.25, 0.3) is 0 Å². The van der Waals surface area contributed by atoms with Gasteiger partial charge < -0.3 is 20.3 Å². The second-order valence-electron chi connectivity index (χ2n) is 8.82. The lowest BCUT2D eigenvalue weighted by Crippen LogP contribution is -2.67. The van der Waals surface area contributed by atoms with Crippen LogP contribution in [0.2, 0.25) is 0 Å². The van der Waals surface area contributed by atoms with Crippen LogP contribution in [0, 0.1) is 0 Å². The van der Waals surface area contributed by atoms with Crippen molar-refractivity contribution in [1.29, 1.82) is 0 Å². The molecule has 1 aliphatic carbocycles. The van der Waals surface area contributed by atoms with Crippen LogP contribution in [0.25, 0.3) is 0 Å². The summed E-state index contributed by atoms with van der Waals surface area (Å²) in [5.41, 5.74) is 7.19. The molecule has 1 aromatic rings. The highest BCUT2D eigenvalue weighted by Crippen LogP contribution is 2.45. The first-order valence-electron chi connectivity index (χ1n) is 11.0. The van der Waals surface area contributed by atoms with Gasteiger partial charge in [0.15, 0.2) is 0 Å². The number of rotatable bonds is 6. The van der Waals surface area contributed by atoms with Crippen molar-refractivity contribution in [2.75, 3.05) is 6.61 Å². The van der Waals surface area contributed by atoms with Crippen molar-refractivity contribution in [3.05, 3.63) is 35.9 Å². The number of amides is 2. The van der Waals surface area contributed by atoms with Gasteiger partial charge in [-0.05, 0) is 57.9 Å². The first-order valence-corrected chi connectivity index (χ1v) is 11.0. The summed E-state index contributed by atoms with van der Waals surface area (Å²) in [4.78, 5) is 43.0. The Labute approximate surface area is 177 Å². The Kier molecular flexibility index (Phi) is 5.57. The highest BCUT2D eigenvalue weighted by Gasteiger charge is 2.61. The lowest BCUT2D eigenvalue weighted by Gasteiger charge is -2.45. The maximum Gasteiger partial charge on any atom is 0.328 e. The standard InChI is InChI=1S/C23H31N3O4/c1-3-30-22(29)17(12-11-16-8-5-4-6-9-16)25-15(2)20(27)26-18(21(25)28)14-23(24)13-7-10-19(23)26/h4-6,8-9,15,17-19H,3,7,10-14,24H2,1-2H3/t15-,17-,18-,19-,23+/m0/s1. The van der Waals surface area contributed by atoms with E-state index in [-0.39, 0.29) is 24.5 Å². The Balaban J connectivity index is 1.60. The van der Waals surface area contributed by atoms with E-state index < -0.39 is 29.6 Å². The number of ether oxygens (including phenoxy) is 1. The van der Waals surface area contributed by atoms with E-state index in [1.165, 1.54) is 4.90 Å². The summed E-state index contributed by atoms with van der Waals surface area (Å²) >= 11 is 0. The van der Waals surface area contributed by atoms with E-state index in [1.54, 1.807) is 18.7 Å². The SMILES string of the molecule is CCOC(=O)[C@H](CCc1ccccc1)N1C(=O)[C@@H]2C[C@]3(N)CCC[C@@H]3N2C(=O)[C@@H]1C.